The van der Waals surface area contributed by atoms with Gasteiger partial charge in [0.2, 0.25) is 0 Å². The van der Waals surface area contributed by atoms with Crippen LogP contribution in [0.4, 0.5) is 0 Å². The van der Waals surface area contributed by atoms with Gasteiger partial charge in [0.15, 0.2) is 0 Å². The number of hydrogen-bond acceptors (Lipinski definition) is 2. The summed E-state index contributed by atoms with van der Waals surface area (Å²) in [6.45, 7) is 3.11. The molecule has 0 bridgehead atoms. The predicted molar refractivity (Wildman–Crippen MR) is 51.1 cm³/mol. The van der Waals surface area contributed by atoms with E-state index in [1.54, 1.807) is 0 Å². The zero-order chi connectivity index (χ0) is 8.81. The molecule has 0 amide bonds. The Bertz CT molecular complexity index is 116. The third kappa shape index (κ3) is 3.55. The van der Waals surface area contributed by atoms with Crippen LogP contribution in [0.15, 0.2) is 0 Å². The number of hydrogen-bond donors (Lipinski definition) is 1. The molecule has 2 atom stereocenters. The summed E-state index contributed by atoms with van der Waals surface area (Å²) < 4.78 is 5.71. The van der Waals surface area contributed by atoms with Gasteiger partial charge >= 0.3 is 0 Å². The zero-order valence-corrected chi connectivity index (χ0v) is 8.09. The summed E-state index contributed by atoms with van der Waals surface area (Å²) in [4.78, 5) is 0. The summed E-state index contributed by atoms with van der Waals surface area (Å²) in [6.07, 6.45) is 7.59. The number of rotatable bonds is 4. The van der Waals surface area contributed by atoms with Crippen molar-refractivity contribution in [2.45, 2.75) is 57.6 Å². The molecule has 12 heavy (non-hydrogen) atoms. The second kappa shape index (κ2) is 5.55. The summed E-state index contributed by atoms with van der Waals surface area (Å²) in [6, 6.07) is 0.394. The Kier molecular flexibility index (Phi) is 4.62. The highest BCUT2D eigenvalue weighted by Gasteiger charge is 2.18. The summed E-state index contributed by atoms with van der Waals surface area (Å²) in [5.41, 5.74) is 5.85. The maximum Gasteiger partial charge on any atom is 0.0589 e. The first-order valence-electron chi connectivity index (χ1n) is 5.20. The van der Waals surface area contributed by atoms with Crippen molar-refractivity contribution in [2.24, 2.45) is 5.73 Å². The molecule has 0 aromatic heterocycles. The fourth-order valence-corrected chi connectivity index (χ4v) is 1.73. The molecule has 72 valence electrons. The van der Waals surface area contributed by atoms with Gasteiger partial charge in [-0.1, -0.05) is 13.3 Å². The number of ether oxygens (including phenoxy) is 1. The molecule has 2 N–H and O–H groups in total. The fraction of sp³-hybridized carbons (Fsp3) is 1.00. The highest BCUT2D eigenvalue weighted by molar-refractivity contribution is 4.75. The van der Waals surface area contributed by atoms with Gasteiger partial charge in [-0.15, -0.1) is 0 Å². The van der Waals surface area contributed by atoms with Crippen LogP contribution in [0.2, 0.25) is 0 Å². The molecule has 1 saturated carbocycles. The third-order valence-corrected chi connectivity index (χ3v) is 2.52. The Morgan fingerprint density at radius 1 is 1.42 bits per heavy atom. The molecule has 2 nitrogen and oxygen atoms in total. The van der Waals surface area contributed by atoms with Gasteiger partial charge < -0.3 is 10.5 Å². The van der Waals surface area contributed by atoms with Gasteiger partial charge in [-0.3, -0.25) is 0 Å². The van der Waals surface area contributed by atoms with E-state index in [4.69, 9.17) is 10.5 Å². The van der Waals surface area contributed by atoms with E-state index in [0.717, 1.165) is 13.0 Å². The minimum Gasteiger partial charge on any atom is -0.378 e. The van der Waals surface area contributed by atoms with Crippen LogP contribution in [-0.4, -0.2) is 18.8 Å². The summed E-state index contributed by atoms with van der Waals surface area (Å²) in [5.74, 6) is 0. The van der Waals surface area contributed by atoms with E-state index in [1.807, 2.05) is 0 Å². The standard InChI is InChI=1S/C10H21NO/c1-2-3-7-12-10-6-4-5-9(11)8-10/h9-10H,2-8,11H2,1H3/t9-,10+/m0/s1. The Morgan fingerprint density at radius 2 is 2.25 bits per heavy atom. The van der Waals surface area contributed by atoms with Gasteiger partial charge in [0.25, 0.3) is 0 Å². The molecule has 1 rings (SSSR count). The first-order chi connectivity index (χ1) is 5.83. The average Bonchev–Trinajstić information content (AvgIpc) is 2.05. The summed E-state index contributed by atoms with van der Waals surface area (Å²) in [5, 5.41) is 0. The lowest BCUT2D eigenvalue weighted by atomic mass is 9.93. The lowest BCUT2D eigenvalue weighted by molar-refractivity contribution is 0.0221. The van der Waals surface area contributed by atoms with Gasteiger partial charge in [0.1, 0.15) is 0 Å². The minimum atomic E-state index is 0.394. The molecule has 0 radical (unpaired) electrons. The van der Waals surface area contributed by atoms with Crippen LogP contribution in [0.5, 0.6) is 0 Å². The van der Waals surface area contributed by atoms with E-state index >= 15 is 0 Å². The molecule has 1 aliphatic rings. The van der Waals surface area contributed by atoms with Crippen LogP contribution < -0.4 is 5.73 Å². The highest BCUT2D eigenvalue weighted by Crippen LogP contribution is 2.19. The molecule has 0 saturated heterocycles. The van der Waals surface area contributed by atoms with Crippen LogP contribution in [0.1, 0.15) is 45.4 Å². The van der Waals surface area contributed by atoms with E-state index in [-0.39, 0.29) is 0 Å². The van der Waals surface area contributed by atoms with Crippen molar-refractivity contribution in [3.8, 4) is 0 Å². The molecule has 0 aromatic rings. The maximum atomic E-state index is 5.85. The summed E-state index contributed by atoms with van der Waals surface area (Å²) >= 11 is 0. The Balaban J connectivity index is 2.06. The van der Waals surface area contributed by atoms with E-state index in [9.17, 15) is 0 Å². The molecular weight excluding hydrogens is 150 g/mol. The second-order valence-corrected chi connectivity index (χ2v) is 3.77. The van der Waals surface area contributed by atoms with Crippen LogP contribution in [0.25, 0.3) is 0 Å². The molecule has 2 heteroatoms. The smallest absolute Gasteiger partial charge is 0.0589 e. The van der Waals surface area contributed by atoms with Gasteiger partial charge in [0.05, 0.1) is 6.10 Å². The normalized spacial score (nSPS) is 30.5. The predicted octanol–water partition coefficient (Wildman–Crippen LogP) is 2.07. The van der Waals surface area contributed by atoms with Gasteiger partial charge in [0, 0.05) is 12.6 Å². The van der Waals surface area contributed by atoms with E-state index in [1.165, 1.54) is 32.1 Å². The number of unbranched alkanes of at least 4 members (excludes halogenated alkanes) is 1. The molecule has 0 spiro atoms. The van der Waals surface area contributed by atoms with Crippen molar-refractivity contribution in [3.63, 3.8) is 0 Å². The van der Waals surface area contributed by atoms with Crippen molar-refractivity contribution in [1.82, 2.24) is 0 Å². The van der Waals surface area contributed by atoms with Crippen LogP contribution in [0, 0.1) is 0 Å². The Labute approximate surface area is 75.5 Å². The van der Waals surface area contributed by atoms with Crippen molar-refractivity contribution in [3.05, 3.63) is 0 Å². The van der Waals surface area contributed by atoms with E-state index in [2.05, 4.69) is 6.92 Å². The van der Waals surface area contributed by atoms with E-state index < -0.39 is 0 Å². The highest BCUT2D eigenvalue weighted by atomic mass is 16.5. The van der Waals surface area contributed by atoms with Crippen molar-refractivity contribution in [1.29, 1.82) is 0 Å². The lowest BCUT2D eigenvalue weighted by Crippen LogP contribution is -2.32. The van der Waals surface area contributed by atoms with Gasteiger partial charge in [-0.25, -0.2) is 0 Å². The first kappa shape index (κ1) is 10.0. The quantitative estimate of drug-likeness (QED) is 0.657. The van der Waals surface area contributed by atoms with E-state index in [0.29, 0.717) is 12.1 Å². The summed E-state index contributed by atoms with van der Waals surface area (Å²) in [7, 11) is 0. The molecule has 0 aliphatic heterocycles. The second-order valence-electron chi connectivity index (χ2n) is 3.77. The minimum absolute atomic E-state index is 0.394. The molecular formula is C10H21NO. The molecule has 0 aromatic carbocycles. The number of nitrogens with two attached hydrogens (primary N) is 1. The molecule has 0 heterocycles. The lowest BCUT2D eigenvalue weighted by Gasteiger charge is -2.26. The van der Waals surface area contributed by atoms with Crippen LogP contribution >= 0.6 is 0 Å². The SMILES string of the molecule is CCCCO[C@@H]1CCC[C@H](N)C1. The Morgan fingerprint density at radius 3 is 2.92 bits per heavy atom. The van der Waals surface area contributed by atoms with Gasteiger partial charge in [-0.05, 0) is 32.1 Å². The molecule has 1 fully saturated rings. The van der Waals surface area contributed by atoms with Crippen LogP contribution in [0.3, 0.4) is 0 Å². The zero-order valence-electron chi connectivity index (χ0n) is 8.09. The third-order valence-electron chi connectivity index (χ3n) is 2.52. The van der Waals surface area contributed by atoms with Crippen LogP contribution in [-0.2, 0) is 4.74 Å². The monoisotopic (exact) mass is 171 g/mol. The average molecular weight is 171 g/mol. The Hall–Kier alpha value is -0.0800. The fourth-order valence-electron chi connectivity index (χ4n) is 1.73. The van der Waals surface area contributed by atoms with Crippen molar-refractivity contribution >= 4 is 0 Å². The topological polar surface area (TPSA) is 35.2 Å². The molecule has 0 unspecified atom stereocenters. The van der Waals surface area contributed by atoms with Gasteiger partial charge in [-0.2, -0.15) is 0 Å². The maximum absolute atomic E-state index is 5.85. The van der Waals surface area contributed by atoms with Crippen molar-refractivity contribution in [2.75, 3.05) is 6.61 Å². The van der Waals surface area contributed by atoms with Crippen molar-refractivity contribution < 1.29 is 4.74 Å². The molecule has 1 aliphatic carbocycles. The largest absolute Gasteiger partial charge is 0.378 e. The first-order valence-corrected chi connectivity index (χ1v) is 5.20.